The van der Waals surface area contributed by atoms with Gasteiger partial charge in [0.25, 0.3) is 0 Å². The SMILES string of the molecule is Cc1cccc(SC(=O)c2ccccc2C(=O)c2ccccc2)c1. The number of ketones is 1. The summed E-state index contributed by atoms with van der Waals surface area (Å²) in [6, 6.07) is 23.8. The molecule has 24 heavy (non-hydrogen) atoms. The molecule has 0 atom stereocenters. The van der Waals surface area contributed by atoms with Crippen LogP contribution in [0.25, 0.3) is 0 Å². The molecule has 0 unspecified atom stereocenters. The molecule has 0 aliphatic heterocycles. The van der Waals surface area contributed by atoms with Crippen LogP contribution in [0.3, 0.4) is 0 Å². The largest absolute Gasteiger partial charge is 0.289 e. The van der Waals surface area contributed by atoms with Crippen molar-refractivity contribution >= 4 is 22.7 Å². The summed E-state index contributed by atoms with van der Waals surface area (Å²) in [5.74, 6) is -0.135. The minimum atomic E-state index is -0.135. The number of benzene rings is 3. The Labute approximate surface area is 145 Å². The fraction of sp³-hybridized carbons (Fsp3) is 0.0476. The van der Waals surface area contributed by atoms with Gasteiger partial charge in [-0.25, -0.2) is 0 Å². The van der Waals surface area contributed by atoms with E-state index in [-0.39, 0.29) is 10.9 Å². The zero-order valence-electron chi connectivity index (χ0n) is 13.2. The highest BCUT2D eigenvalue weighted by molar-refractivity contribution is 8.14. The second-order valence-corrected chi connectivity index (χ2v) is 6.49. The Morgan fingerprint density at radius 3 is 2.12 bits per heavy atom. The van der Waals surface area contributed by atoms with Gasteiger partial charge in [0.2, 0.25) is 5.12 Å². The Bertz CT molecular complexity index is 885. The van der Waals surface area contributed by atoms with Crippen molar-refractivity contribution < 1.29 is 9.59 Å². The van der Waals surface area contributed by atoms with Crippen molar-refractivity contribution in [3.05, 3.63) is 101 Å². The molecule has 3 aromatic carbocycles. The van der Waals surface area contributed by atoms with Crippen LogP contribution in [0.5, 0.6) is 0 Å². The van der Waals surface area contributed by atoms with E-state index in [0.29, 0.717) is 16.7 Å². The van der Waals surface area contributed by atoms with Gasteiger partial charge in [0.15, 0.2) is 5.78 Å². The molecular formula is C21H16O2S. The number of rotatable bonds is 4. The van der Waals surface area contributed by atoms with Crippen LogP contribution in [0, 0.1) is 6.92 Å². The zero-order chi connectivity index (χ0) is 16.9. The second kappa shape index (κ2) is 7.28. The van der Waals surface area contributed by atoms with Crippen molar-refractivity contribution in [1.29, 1.82) is 0 Å². The molecule has 0 N–H and O–H groups in total. The van der Waals surface area contributed by atoms with Gasteiger partial charge in [0, 0.05) is 21.6 Å². The third kappa shape index (κ3) is 3.63. The minimum Gasteiger partial charge on any atom is -0.289 e. The van der Waals surface area contributed by atoms with Crippen LogP contribution in [0.4, 0.5) is 0 Å². The molecular weight excluding hydrogens is 316 g/mol. The van der Waals surface area contributed by atoms with E-state index in [1.54, 1.807) is 36.4 Å². The number of carbonyl (C=O) groups excluding carboxylic acids is 2. The lowest BCUT2D eigenvalue weighted by Crippen LogP contribution is -2.08. The Kier molecular flexibility index (Phi) is 4.92. The van der Waals surface area contributed by atoms with E-state index in [0.717, 1.165) is 22.2 Å². The molecule has 0 aliphatic carbocycles. The molecule has 0 aliphatic rings. The van der Waals surface area contributed by atoms with Crippen molar-refractivity contribution in [3.63, 3.8) is 0 Å². The molecule has 0 saturated heterocycles. The van der Waals surface area contributed by atoms with E-state index in [1.165, 1.54) is 0 Å². The van der Waals surface area contributed by atoms with Crippen LogP contribution >= 0.6 is 11.8 Å². The number of thioether (sulfide) groups is 1. The first-order valence-corrected chi connectivity index (χ1v) is 8.44. The summed E-state index contributed by atoms with van der Waals surface area (Å²) in [6.45, 7) is 1.99. The summed E-state index contributed by atoms with van der Waals surface area (Å²) in [6.07, 6.45) is 0. The first-order valence-electron chi connectivity index (χ1n) is 7.63. The van der Waals surface area contributed by atoms with Gasteiger partial charge in [0.05, 0.1) is 0 Å². The quantitative estimate of drug-likeness (QED) is 0.489. The van der Waals surface area contributed by atoms with E-state index >= 15 is 0 Å². The summed E-state index contributed by atoms with van der Waals surface area (Å²) in [5.41, 5.74) is 2.56. The molecule has 0 fully saturated rings. The molecule has 0 spiro atoms. The van der Waals surface area contributed by atoms with Crippen molar-refractivity contribution in [2.24, 2.45) is 0 Å². The van der Waals surface area contributed by atoms with Crippen molar-refractivity contribution in [3.8, 4) is 0 Å². The maximum absolute atomic E-state index is 12.7. The normalized spacial score (nSPS) is 10.4. The Morgan fingerprint density at radius 2 is 1.42 bits per heavy atom. The van der Waals surface area contributed by atoms with Gasteiger partial charge >= 0.3 is 0 Å². The van der Waals surface area contributed by atoms with Crippen LogP contribution in [0.15, 0.2) is 83.8 Å². The van der Waals surface area contributed by atoms with E-state index in [2.05, 4.69) is 0 Å². The van der Waals surface area contributed by atoms with Gasteiger partial charge in [-0.15, -0.1) is 0 Å². The maximum Gasteiger partial charge on any atom is 0.224 e. The minimum absolute atomic E-state index is 0.125. The highest BCUT2D eigenvalue weighted by atomic mass is 32.2. The molecule has 3 rings (SSSR count). The van der Waals surface area contributed by atoms with Crippen LogP contribution in [0.2, 0.25) is 0 Å². The van der Waals surface area contributed by atoms with Gasteiger partial charge in [-0.05, 0) is 36.9 Å². The van der Waals surface area contributed by atoms with Crippen molar-refractivity contribution in [2.75, 3.05) is 0 Å². The monoisotopic (exact) mass is 332 g/mol. The molecule has 0 saturated carbocycles. The summed E-state index contributed by atoms with van der Waals surface area (Å²) in [4.78, 5) is 26.3. The second-order valence-electron chi connectivity index (χ2n) is 5.45. The fourth-order valence-corrected chi connectivity index (χ4v) is 3.34. The van der Waals surface area contributed by atoms with Crippen LogP contribution < -0.4 is 0 Å². The number of hydrogen-bond donors (Lipinski definition) is 0. The third-order valence-electron chi connectivity index (χ3n) is 3.63. The van der Waals surface area contributed by atoms with Gasteiger partial charge in [-0.3, -0.25) is 9.59 Å². The average Bonchev–Trinajstić information content (AvgIpc) is 2.62. The Morgan fingerprint density at radius 1 is 0.750 bits per heavy atom. The van der Waals surface area contributed by atoms with Crippen molar-refractivity contribution in [1.82, 2.24) is 0 Å². The highest BCUT2D eigenvalue weighted by Gasteiger charge is 2.18. The van der Waals surface area contributed by atoms with Crippen molar-refractivity contribution in [2.45, 2.75) is 11.8 Å². The molecule has 118 valence electrons. The van der Waals surface area contributed by atoms with E-state index in [1.807, 2.05) is 49.4 Å². The number of carbonyl (C=O) groups is 2. The molecule has 3 heteroatoms. The third-order valence-corrected chi connectivity index (χ3v) is 4.52. The van der Waals surface area contributed by atoms with Crippen LogP contribution in [-0.4, -0.2) is 10.9 Å². The summed E-state index contributed by atoms with van der Waals surface area (Å²) >= 11 is 1.15. The van der Waals surface area contributed by atoms with Crippen LogP contribution in [0.1, 0.15) is 31.8 Å². The lowest BCUT2D eigenvalue weighted by atomic mass is 9.99. The van der Waals surface area contributed by atoms with E-state index < -0.39 is 0 Å². The maximum atomic E-state index is 12.7. The summed E-state index contributed by atoms with van der Waals surface area (Å²) in [7, 11) is 0. The van der Waals surface area contributed by atoms with Crippen LogP contribution in [-0.2, 0) is 0 Å². The fourth-order valence-electron chi connectivity index (χ4n) is 2.44. The van der Waals surface area contributed by atoms with Gasteiger partial charge in [-0.1, -0.05) is 66.2 Å². The summed E-state index contributed by atoms with van der Waals surface area (Å²) in [5, 5.41) is -0.125. The number of hydrogen-bond acceptors (Lipinski definition) is 3. The van der Waals surface area contributed by atoms with E-state index in [9.17, 15) is 9.59 Å². The first-order chi connectivity index (χ1) is 11.6. The molecule has 0 amide bonds. The van der Waals surface area contributed by atoms with Gasteiger partial charge in [0.1, 0.15) is 0 Å². The Hall–Kier alpha value is -2.65. The smallest absolute Gasteiger partial charge is 0.224 e. The molecule has 3 aromatic rings. The lowest BCUT2D eigenvalue weighted by Gasteiger charge is -2.08. The predicted molar refractivity (Wildman–Crippen MR) is 97.7 cm³/mol. The zero-order valence-corrected chi connectivity index (χ0v) is 14.0. The molecule has 2 nitrogen and oxygen atoms in total. The molecule has 0 radical (unpaired) electrons. The summed E-state index contributed by atoms with van der Waals surface area (Å²) < 4.78 is 0. The van der Waals surface area contributed by atoms with E-state index in [4.69, 9.17) is 0 Å². The van der Waals surface area contributed by atoms with Gasteiger partial charge < -0.3 is 0 Å². The molecule has 0 bridgehead atoms. The molecule has 0 heterocycles. The highest BCUT2D eigenvalue weighted by Crippen LogP contribution is 2.26. The predicted octanol–water partition coefficient (Wildman–Crippen LogP) is 5.16. The Balaban J connectivity index is 1.91. The standard InChI is InChI=1S/C21H16O2S/c1-15-8-7-11-17(14-15)24-21(23)19-13-6-5-12-18(19)20(22)16-9-3-2-4-10-16/h2-14H,1H3. The lowest BCUT2D eigenvalue weighted by molar-refractivity contribution is 0.102. The van der Waals surface area contributed by atoms with Gasteiger partial charge in [-0.2, -0.15) is 0 Å². The topological polar surface area (TPSA) is 34.1 Å². The first kappa shape index (κ1) is 16.2. The number of aryl methyl sites for hydroxylation is 1. The average molecular weight is 332 g/mol. The molecule has 0 aromatic heterocycles.